The predicted molar refractivity (Wildman–Crippen MR) is 53.4 cm³/mol. The van der Waals surface area contributed by atoms with Gasteiger partial charge in [-0.05, 0) is 6.92 Å². The molecule has 0 aliphatic heterocycles. The Bertz CT molecular complexity index is 474. The summed E-state index contributed by atoms with van der Waals surface area (Å²) < 4.78 is 1.45. The Hall–Kier alpha value is -2.08. The van der Waals surface area contributed by atoms with Crippen molar-refractivity contribution >= 4 is 0 Å². The van der Waals surface area contributed by atoms with Gasteiger partial charge in [-0.25, -0.2) is 9.55 Å². The minimum atomic E-state index is 0.688. The molecule has 0 saturated carbocycles. The lowest BCUT2D eigenvalue weighted by molar-refractivity contribution is 1.09. The number of aromatic nitrogens is 2. The summed E-state index contributed by atoms with van der Waals surface area (Å²) in [5.41, 5.74) is 2.16. The van der Waals surface area contributed by atoms with Crippen molar-refractivity contribution in [2.75, 3.05) is 0 Å². The minimum absolute atomic E-state index is 0.688. The molecule has 1 aromatic heterocycles. The topological polar surface area (TPSA) is 41.6 Å². The van der Waals surface area contributed by atoms with Crippen LogP contribution in [0.15, 0.2) is 36.7 Å². The molecule has 2 rings (SSSR count). The lowest BCUT2D eigenvalue weighted by Gasteiger charge is -1.99. The quantitative estimate of drug-likeness (QED) is 0.680. The van der Waals surface area contributed by atoms with Crippen LogP contribution in [0.2, 0.25) is 0 Å². The highest BCUT2D eigenvalue weighted by molar-refractivity contribution is 5.56. The van der Waals surface area contributed by atoms with Crippen molar-refractivity contribution in [3.63, 3.8) is 0 Å². The molecule has 1 heterocycles. The van der Waals surface area contributed by atoms with Crippen LogP contribution < -0.4 is 0 Å². The summed E-state index contributed by atoms with van der Waals surface area (Å²) in [6, 6.07) is 7.94. The van der Waals surface area contributed by atoms with Crippen LogP contribution in [0.5, 0.6) is 0 Å². The van der Waals surface area contributed by atoms with Crippen molar-refractivity contribution in [1.82, 2.24) is 9.55 Å². The summed E-state index contributed by atoms with van der Waals surface area (Å²) in [5.74, 6) is 0.688. The third kappa shape index (κ3) is 1.38. The molecule has 0 saturated heterocycles. The van der Waals surface area contributed by atoms with Crippen LogP contribution >= 0.6 is 0 Å². The van der Waals surface area contributed by atoms with Crippen molar-refractivity contribution in [1.29, 1.82) is 5.26 Å². The Balaban J connectivity index is 2.50. The molecule has 0 aliphatic carbocycles. The number of hydrogen-bond donors (Lipinski definition) is 0. The molecule has 0 spiro atoms. The van der Waals surface area contributed by atoms with Gasteiger partial charge in [-0.15, -0.1) is 0 Å². The lowest BCUT2D eigenvalue weighted by Crippen LogP contribution is -1.90. The van der Waals surface area contributed by atoms with Gasteiger partial charge in [0.15, 0.2) is 12.0 Å². The van der Waals surface area contributed by atoms with Gasteiger partial charge >= 0.3 is 0 Å². The van der Waals surface area contributed by atoms with Crippen molar-refractivity contribution in [2.24, 2.45) is 0 Å². The van der Waals surface area contributed by atoms with E-state index in [4.69, 9.17) is 5.26 Å². The summed E-state index contributed by atoms with van der Waals surface area (Å²) in [5, 5.41) is 8.80. The second-order valence-corrected chi connectivity index (χ2v) is 3.09. The molecule has 68 valence electrons. The average Bonchev–Trinajstić information content (AvgIpc) is 2.67. The third-order valence-electron chi connectivity index (χ3n) is 2.06. The van der Waals surface area contributed by atoms with E-state index in [1.165, 1.54) is 10.1 Å². The molecular weight excluding hydrogens is 174 g/mol. The van der Waals surface area contributed by atoms with Gasteiger partial charge in [-0.3, -0.25) is 0 Å². The SMILES string of the molecule is Cc1ccc(-c2nccn2C#N)cc1. The van der Waals surface area contributed by atoms with Crippen LogP contribution in [-0.2, 0) is 0 Å². The van der Waals surface area contributed by atoms with E-state index in [-0.39, 0.29) is 0 Å². The zero-order chi connectivity index (χ0) is 9.97. The summed E-state index contributed by atoms with van der Waals surface area (Å²) in [6.07, 6.45) is 5.31. The highest BCUT2D eigenvalue weighted by atomic mass is 15.0. The molecule has 0 radical (unpaired) electrons. The van der Waals surface area contributed by atoms with Gasteiger partial charge < -0.3 is 0 Å². The Labute approximate surface area is 82.2 Å². The molecule has 0 bridgehead atoms. The fourth-order valence-electron chi connectivity index (χ4n) is 1.30. The van der Waals surface area contributed by atoms with Crippen LogP contribution in [0, 0.1) is 18.4 Å². The van der Waals surface area contributed by atoms with E-state index in [1.54, 1.807) is 12.4 Å². The first kappa shape index (κ1) is 8.52. The van der Waals surface area contributed by atoms with Crippen molar-refractivity contribution in [3.8, 4) is 17.6 Å². The highest BCUT2D eigenvalue weighted by Crippen LogP contribution is 2.16. The van der Waals surface area contributed by atoms with E-state index in [1.807, 2.05) is 37.4 Å². The van der Waals surface area contributed by atoms with Gasteiger partial charge in [-0.2, -0.15) is 5.26 Å². The maximum atomic E-state index is 8.80. The van der Waals surface area contributed by atoms with E-state index in [0.29, 0.717) is 5.82 Å². The number of aryl methyl sites for hydroxylation is 1. The third-order valence-corrected chi connectivity index (χ3v) is 2.06. The van der Waals surface area contributed by atoms with E-state index < -0.39 is 0 Å². The van der Waals surface area contributed by atoms with Gasteiger partial charge in [0.1, 0.15) is 0 Å². The molecule has 1 aromatic carbocycles. The van der Waals surface area contributed by atoms with Crippen LogP contribution in [-0.4, -0.2) is 9.55 Å². The minimum Gasteiger partial charge on any atom is -0.236 e. The number of imidazole rings is 1. The normalized spacial score (nSPS) is 9.71. The second kappa shape index (κ2) is 3.35. The first-order valence-corrected chi connectivity index (χ1v) is 4.32. The first-order valence-electron chi connectivity index (χ1n) is 4.32. The van der Waals surface area contributed by atoms with Crippen LogP contribution in [0.3, 0.4) is 0 Å². The highest BCUT2D eigenvalue weighted by Gasteiger charge is 2.03. The molecule has 14 heavy (non-hydrogen) atoms. The van der Waals surface area contributed by atoms with Gasteiger partial charge in [0, 0.05) is 18.0 Å². The Morgan fingerprint density at radius 3 is 2.64 bits per heavy atom. The molecule has 3 heteroatoms. The average molecular weight is 183 g/mol. The zero-order valence-electron chi connectivity index (χ0n) is 7.81. The molecule has 0 unspecified atom stereocenters. The number of nitriles is 1. The molecular formula is C11H9N3. The lowest BCUT2D eigenvalue weighted by atomic mass is 10.1. The van der Waals surface area contributed by atoms with Gasteiger partial charge in [0.05, 0.1) is 0 Å². The summed E-state index contributed by atoms with van der Waals surface area (Å²) in [7, 11) is 0. The van der Waals surface area contributed by atoms with E-state index in [9.17, 15) is 0 Å². The molecule has 0 amide bonds. The Morgan fingerprint density at radius 2 is 2.00 bits per heavy atom. The molecule has 0 atom stereocenters. The maximum Gasteiger partial charge on any atom is 0.190 e. The van der Waals surface area contributed by atoms with Crippen molar-refractivity contribution in [2.45, 2.75) is 6.92 Å². The maximum absolute atomic E-state index is 8.80. The van der Waals surface area contributed by atoms with E-state index in [0.717, 1.165) is 5.56 Å². The van der Waals surface area contributed by atoms with Crippen molar-refractivity contribution < 1.29 is 0 Å². The van der Waals surface area contributed by atoms with E-state index in [2.05, 4.69) is 4.98 Å². The Kier molecular flexibility index (Phi) is 2.04. The molecule has 0 N–H and O–H groups in total. The van der Waals surface area contributed by atoms with Gasteiger partial charge in [0.2, 0.25) is 0 Å². The zero-order valence-corrected chi connectivity index (χ0v) is 7.81. The molecule has 0 aliphatic rings. The van der Waals surface area contributed by atoms with Crippen molar-refractivity contribution in [3.05, 3.63) is 42.2 Å². The molecule has 3 nitrogen and oxygen atoms in total. The van der Waals surface area contributed by atoms with Crippen LogP contribution in [0.4, 0.5) is 0 Å². The molecule has 0 fully saturated rings. The standard InChI is InChI=1S/C11H9N3/c1-9-2-4-10(5-3-9)11-13-6-7-14(11)8-12/h2-7H,1H3. The van der Waals surface area contributed by atoms with Gasteiger partial charge in [-0.1, -0.05) is 29.8 Å². The second-order valence-electron chi connectivity index (χ2n) is 3.09. The smallest absolute Gasteiger partial charge is 0.190 e. The largest absolute Gasteiger partial charge is 0.236 e. The number of rotatable bonds is 1. The Morgan fingerprint density at radius 1 is 1.29 bits per heavy atom. The number of nitrogens with zero attached hydrogens (tertiary/aromatic N) is 3. The fourth-order valence-corrected chi connectivity index (χ4v) is 1.30. The monoisotopic (exact) mass is 183 g/mol. The fraction of sp³-hybridized carbons (Fsp3) is 0.0909. The molecule has 2 aromatic rings. The van der Waals surface area contributed by atoms with Crippen LogP contribution in [0.25, 0.3) is 11.4 Å². The predicted octanol–water partition coefficient (Wildman–Crippen LogP) is 2.19. The van der Waals surface area contributed by atoms with Crippen LogP contribution in [0.1, 0.15) is 5.56 Å². The summed E-state index contributed by atoms with van der Waals surface area (Å²) in [6.45, 7) is 2.03. The van der Waals surface area contributed by atoms with E-state index >= 15 is 0 Å². The number of benzene rings is 1. The summed E-state index contributed by atoms with van der Waals surface area (Å²) in [4.78, 5) is 4.13. The summed E-state index contributed by atoms with van der Waals surface area (Å²) >= 11 is 0. The number of hydrogen-bond acceptors (Lipinski definition) is 2. The first-order chi connectivity index (χ1) is 6.81. The van der Waals surface area contributed by atoms with Gasteiger partial charge in [0.25, 0.3) is 0 Å².